The van der Waals surface area contributed by atoms with E-state index in [0.717, 1.165) is 15.4 Å². The van der Waals surface area contributed by atoms with Crippen LogP contribution in [0.15, 0.2) is 12.1 Å². The van der Waals surface area contributed by atoms with Gasteiger partial charge in [0.1, 0.15) is 5.01 Å². The predicted molar refractivity (Wildman–Crippen MR) is 77.8 cm³/mol. The number of thiazole rings is 1. The molecule has 0 atom stereocenters. The summed E-state index contributed by atoms with van der Waals surface area (Å²) in [5, 5.41) is 0.874. The zero-order valence-corrected chi connectivity index (χ0v) is 12.6. The maximum absolute atomic E-state index is 11.6. The third-order valence-electron chi connectivity index (χ3n) is 3.25. The lowest BCUT2D eigenvalue weighted by atomic mass is 10.0. The summed E-state index contributed by atoms with van der Waals surface area (Å²) in [6, 6.07) is 4.28. The number of aryl methyl sites for hydroxylation is 4. The van der Waals surface area contributed by atoms with Crippen molar-refractivity contribution in [2.75, 3.05) is 7.11 Å². The Bertz CT molecular complexity index is 644. The maximum atomic E-state index is 11.6. The number of hydrogen-bond acceptors (Lipinski definition) is 4. The fraction of sp³-hybridized carbons (Fsp3) is 0.333. The number of aromatic nitrogens is 1. The van der Waals surface area contributed by atoms with E-state index in [2.05, 4.69) is 37.9 Å². The van der Waals surface area contributed by atoms with Gasteiger partial charge in [0.2, 0.25) is 0 Å². The van der Waals surface area contributed by atoms with E-state index in [9.17, 15) is 4.79 Å². The van der Waals surface area contributed by atoms with E-state index in [4.69, 9.17) is 4.74 Å². The third-order valence-corrected chi connectivity index (χ3v) is 4.25. The van der Waals surface area contributed by atoms with Crippen molar-refractivity contribution in [3.05, 3.63) is 39.4 Å². The number of benzene rings is 1. The molecule has 0 radical (unpaired) electrons. The first-order valence-electron chi connectivity index (χ1n) is 6.08. The minimum absolute atomic E-state index is 0.374. The van der Waals surface area contributed by atoms with Gasteiger partial charge in [-0.3, -0.25) is 0 Å². The molecule has 0 fully saturated rings. The number of carbonyl (C=O) groups is 1. The molecule has 0 N–H and O–H groups in total. The largest absolute Gasteiger partial charge is 0.464 e. The predicted octanol–water partition coefficient (Wildman–Crippen LogP) is 3.83. The molecule has 1 aromatic heterocycles. The van der Waals surface area contributed by atoms with Gasteiger partial charge in [-0.15, -0.1) is 11.3 Å². The van der Waals surface area contributed by atoms with E-state index >= 15 is 0 Å². The van der Waals surface area contributed by atoms with E-state index < -0.39 is 0 Å². The lowest BCUT2D eigenvalue weighted by molar-refractivity contribution is 0.0594. The van der Waals surface area contributed by atoms with Gasteiger partial charge >= 0.3 is 5.97 Å². The molecule has 1 heterocycles. The van der Waals surface area contributed by atoms with Crippen LogP contribution in [0, 0.1) is 27.7 Å². The lowest BCUT2D eigenvalue weighted by Crippen LogP contribution is -2.03. The fourth-order valence-electron chi connectivity index (χ4n) is 1.99. The van der Waals surface area contributed by atoms with Gasteiger partial charge in [0.05, 0.1) is 7.11 Å². The summed E-state index contributed by atoms with van der Waals surface area (Å²) in [7, 11) is 1.38. The number of hydrogen-bond donors (Lipinski definition) is 0. The molecular weight excluding hydrogens is 258 g/mol. The monoisotopic (exact) mass is 275 g/mol. The number of methoxy groups -OCH3 is 1. The van der Waals surface area contributed by atoms with Crippen molar-refractivity contribution in [1.82, 2.24) is 4.98 Å². The highest BCUT2D eigenvalue weighted by molar-refractivity contribution is 7.15. The summed E-state index contributed by atoms with van der Waals surface area (Å²) in [4.78, 5) is 16.9. The van der Waals surface area contributed by atoms with Crippen molar-refractivity contribution in [3.63, 3.8) is 0 Å². The average Bonchev–Trinajstić information content (AvgIpc) is 2.75. The van der Waals surface area contributed by atoms with Crippen molar-refractivity contribution >= 4 is 17.3 Å². The van der Waals surface area contributed by atoms with E-state index in [1.54, 1.807) is 0 Å². The van der Waals surface area contributed by atoms with Crippen LogP contribution in [0.5, 0.6) is 0 Å². The topological polar surface area (TPSA) is 39.2 Å². The Kier molecular flexibility index (Phi) is 3.71. The van der Waals surface area contributed by atoms with Crippen molar-refractivity contribution in [3.8, 4) is 10.6 Å². The Balaban J connectivity index is 2.54. The molecule has 2 rings (SSSR count). The van der Waals surface area contributed by atoms with Gasteiger partial charge < -0.3 is 4.74 Å². The molecule has 19 heavy (non-hydrogen) atoms. The molecule has 0 saturated carbocycles. The van der Waals surface area contributed by atoms with E-state index in [0.29, 0.717) is 5.69 Å². The number of carbonyl (C=O) groups excluding carboxylic acids is 1. The summed E-state index contributed by atoms with van der Waals surface area (Å²) in [6.07, 6.45) is 0. The van der Waals surface area contributed by atoms with Crippen LogP contribution in [0.2, 0.25) is 0 Å². The minimum atomic E-state index is -0.374. The van der Waals surface area contributed by atoms with Crippen molar-refractivity contribution < 1.29 is 9.53 Å². The lowest BCUT2D eigenvalue weighted by Gasteiger charge is -2.07. The van der Waals surface area contributed by atoms with Crippen molar-refractivity contribution in [2.24, 2.45) is 0 Å². The Labute approximate surface area is 117 Å². The zero-order valence-electron chi connectivity index (χ0n) is 11.8. The summed E-state index contributed by atoms with van der Waals surface area (Å²) in [5.74, 6) is -0.374. The Morgan fingerprint density at radius 2 is 1.74 bits per heavy atom. The van der Waals surface area contributed by atoms with E-state index in [1.807, 2.05) is 6.92 Å². The molecule has 0 bridgehead atoms. The number of ether oxygens (including phenoxy) is 1. The summed E-state index contributed by atoms with van der Waals surface area (Å²) in [5.41, 5.74) is 5.18. The van der Waals surface area contributed by atoms with Gasteiger partial charge in [0, 0.05) is 10.4 Å². The summed E-state index contributed by atoms with van der Waals surface area (Å²) >= 11 is 1.53. The highest BCUT2D eigenvalue weighted by atomic mass is 32.1. The standard InChI is InChI=1S/C15H17NO2S/c1-8-6-10(3)12(7-9(8)2)14-16-13(11(4)19-14)15(17)18-5/h6-7H,1-5H3. The van der Waals surface area contributed by atoms with Gasteiger partial charge in [-0.05, 0) is 50.5 Å². The normalized spacial score (nSPS) is 10.6. The van der Waals surface area contributed by atoms with Crippen LogP contribution < -0.4 is 0 Å². The second-order valence-electron chi connectivity index (χ2n) is 4.67. The molecule has 1 aromatic carbocycles. The molecule has 0 saturated heterocycles. The third kappa shape index (κ3) is 2.54. The van der Waals surface area contributed by atoms with E-state index in [1.165, 1.54) is 35.1 Å². The van der Waals surface area contributed by atoms with Gasteiger partial charge in [0.25, 0.3) is 0 Å². The average molecular weight is 275 g/mol. The molecule has 3 nitrogen and oxygen atoms in total. The first kappa shape index (κ1) is 13.7. The molecule has 0 unspecified atom stereocenters. The van der Waals surface area contributed by atoms with Crippen LogP contribution in [0.3, 0.4) is 0 Å². The van der Waals surface area contributed by atoms with Gasteiger partial charge in [-0.25, -0.2) is 9.78 Å². The highest BCUT2D eigenvalue weighted by Crippen LogP contribution is 2.31. The fourth-order valence-corrected chi connectivity index (χ4v) is 2.97. The first-order chi connectivity index (χ1) is 8.93. The SMILES string of the molecule is COC(=O)c1nc(-c2cc(C)c(C)cc2C)sc1C. The summed E-state index contributed by atoms with van der Waals surface area (Å²) < 4.78 is 4.74. The maximum Gasteiger partial charge on any atom is 0.357 e. The number of nitrogens with zero attached hydrogens (tertiary/aromatic N) is 1. The highest BCUT2D eigenvalue weighted by Gasteiger charge is 2.17. The second-order valence-corrected chi connectivity index (χ2v) is 5.87. The number of esters is 1. The molecule has 4 heteroatoms. The first-order valence-corrected chi connectivity index (χ1v) is 6.89. The molecule has 0 aliphatic carbocycles. The van der Waals surface area contributed by atoms with Crippen LogP contribution in [-0.2, 0) is 4.74 Å². The minimum Gasteiger partial charge on any atom is -0.464 e. The summed E-state index contributed by atoms with van der Waals surface area (Å²) in [6.45, 7) is 8.14. The molecule has 100 valence electrons. The molecule has 0 amide bonds. The Morgan fingerprint density at radius 1 is 1.11 bits per heavy atom. The van der Waals surface area contributed by atoms with Gasteiger partial charge in [-0.2, -0.15) is 0 Å². The smallest absolute Gasteiger partial charge is 0.357 e. The Hall–Kier alpha value is -1.68. The second kappa shape index (κ2) is 5.13. The molecular formula is C15H17NO2S. The van der Waals surface area contributed by atoms with E-state index in [-0.39, 0.29) is 5.97 Å². The molecule has 2 aromatic rings. The molecule has 0 spiro atoms. The van der Waals surface area contributed by atoms with Crippen LogP contribution in [0.4, 0.5) is 0 Å². The van der Waals surface area contributed by atoms with Crippen LogP contribution >= 0.6 is 11.3 Å². The number of rotatable bonds is 2. The zero-order chi connectivity index (χ0) is 14.2. The van der Waals surface area contributed by atoms with Crippen molar-refractivity contribution in [1.29, 1.82) is 0 Å². The van der Waals surface area contributed by atoms with Gasteiger partial charge in [-0.1, -0.05) is 6.07 Å². The molecule has 0 aliphatic rings. The van der Waals surface area contributed by atoms with Crippen LogP contribution in [0.25, 0.3) is 10.6 Å². The van der Waals surface area contributed by atoms with Crippen molar-refractivity contribution in [2.45, 2.75) is 27.7 Å². The van der Waals surface area contributed by atoms with Crippen LogP contribution in [0.1, 0.15) is 32.1 Å². The Morgan fingerprint density at radius 3 is 2.37 bits per heavy atom. The quantitative estimate of drug-likeness (QED) is 0.782. The van der Waals surface area contributed by atoms with Crippen LogP contribution in [-0.4, -0.2) is 18.1 Å². The van der Waals surface area contributed by atoms with Gasteiger partial charge in [0.15, 0.2) is 5.69 Å². The molecule has 0 aliphatic heterocycles.